The Morgan fingerprint density at radius 3 is 2.36 bits per heavy atom. The lowest BCUT2D eigenvalue weighted by atomic mass is 10.1. The summed E-state index contributed by atoms with van der Waals surface area (Å²) in [5.41, 5.74) is 2.92. The van der Waals surface area contributed by atoms with Crippen LogP contribution >= 0.6 is 0 Å². The number of likely N-dealkylation sites (N-methyl/N-ethyl adjacent to an activating group) is 1. The van der Waals surface area contributed by atoms with Crippen molar-refractivity contribution in [2.75, 3.05) is 52.2 Å². The van der Waals surface area contributed by atoms with Gasteiger partial charge in [-0.25, -0.2) is 9.48 Å². The average molecular weight is 448 g/mol. The number of amides is 1. The molecule has 0 radical (unpaired) electrons. The minimum Gasteiger partial charge on any atom is -0.464 e. The van der Waals surface area contributed by atoms with Crippen molar-refractivity contribution in [2.45, 2.75) is 6.42 Å². The van der Waals surface area contributed by atoms with Gasteiger partial charge < -0.3 is 19.9 Å². The fourth-order valence-corrected chi connectivity index (χ4v) is 3.82. The second-order valence-electron chi connectivity index (χ2n) is 8.20. The molecule has 1 aliphatic rings. The Balaban J connectivity index is 1.43. The number of nitrogens with one attached hydrogen (secondary N) is 1. The summed E-state index contributed by atoms with van der Waals surface area (Å²) in [7, 11) is 3.45. The summed E-state index contributed by atoms with van der Waals surface area (Å²) in [6.45, 7) is 5.47. The SMILES string of the molecule is COC(=O)c1cc(C(=O)Nc2ccc(CCN3CCN(C)CC3)cc2)n(-c2ccccc2)n1. The van der Waals surface area contributed by atoms with Crippen LogP contribution in [0.15, 0.2) is 60.7 Å². The molecule has 0 saturated carbocycles. The second kappa shape index (κ2) is 10.4. The third-order valence-corrected chi connectivity index (χ3v) is 5.86. The van der Waals surface area contributed by atoms with Crippen molar-refractivity contribution in [3.05, 3.63) is 77.6 Å². The lowest BCUT2D eigenvalue weighted by Crippen LogP contribution is -2.45. The summed E-state index contributed by atoms with van der Waals surface area (Å²) in [6.07, 6.45) is 0.973. The number of carbonyl (C=O) groups is 2. The zero-order valence-electron chi connectivity index (χ0n) is 19.0. The van der Waals surface area contributed by atoms with E-state index in [2.05, 4.69) is 27.3 Å². The van der Waals surface area contributed by atoms with Gasteiger partial charge in [0.2, 0.25) is 0 Å². The first-order valence-corrected chi connectivity index (χ1v) is 11.1. The Hall–Kier alpha value is -3.49. The van der Waals surface area contributed by atoms with Gasteiger partial charge in [-0.3, -0.25) is 4.79 Å². The largest absolute Gasteiger partial charge is 0.464 e. The van der Waals surface area contributed by atoms with E-state index in [1.807, 2.05) is 54.6 Å². The van der Waals surface area contributed by atoms with Gasteiger partial charge in [-0.15, -0.1) is 0 Å². The van der Waals surface area contributed by atoms with Gasteiger partial charge in [0.1, 0.15) is 5.69 Å². The van der Waals surface area contributed by atoms with Crippen LogP contribution < -0.4 is 5.32 Å². The highest BCUT2D eigenvalue weighted by Crippen LogP contribution is 2.17. The number of hydrogen-bond acceptors (Lipinski definition) is 6. The van der Waals surface area contributed by atoms with Crippen LogP contribution in [0.2, 0.25) is 0 Å². The summed E-state index contributed by atoms with van der Waals surface area (Å²) in [5.74, 6) is -0.949. The minimum atomic E-state index is -0.594. The molecular weight excluding hydrogens is 418 g/mol. The molecule has 0 spiro atoms. The summed E-state index contributed by atoms with van der Waals surface area (Å²) in [6, 6.07) is 18.5. The van der Waals surface area contributed by atoms with Gasteiger partial charge in [-0.1, -0.05) is 30.3 Å². The third-order valence-electron chi connectivity index (χ3n) is 5.86. The van der Waals surface area contributed by atoms with Gasteiger partial charge in [0.15, 0.2) is 5.69 Å². The summed E-state index contributed by atoms with van der Waals surface area (Å²) < 4.78 is 6.22. The topological polar surface area (TPSA) is 79.7 Å². The number of piperazine rings is 1. The molecule has 2 aromatic carbocycles. The van der Waals surface area contributed by atoms with Gasteiger partial charge in [-0.05, 0) is 43.3 Å². The van der Waals surface area contributed by atoms with Crippen LogP contribution in [-0.2, 0) is 11.2 Å². The minimum absolute atomic E-state index is 0.0748. The Kier molecular flexibility index (Phi) is 7.16. The highest BCUT2D eigenvalue weighted by molar-refractivity contribution is 6.04. The first kappa shape index (κ1) is 22.7. The third kappa shape index (κ3) is 5.66. The standard InChI is InChI=1S/C25H29N5O3/c1-28-14-16-29(17-15-28)13-12-19-8-10-20(11-9-19)26-24(31)23-18-22(25(32)33-2)27-30(23)21-6-4-3-5-7-21/h3-11,18H,12-17H2,1-2H3,(H,26,31). The predicted octanol–water partition coefficient (Wildman–Crippen LogP) is 2.70. The number of methoxy groups -OCH3 is 1. The zero-order chi connectivity index (χ0) is 23.2. The van der Waals surface area contributed by atoms with Crippen molar-refractivity contribution in [3.63, 3.8) is 0 Å². The number of esters is 1. The van der Waals surface area contributed by atoms with E-state index in [0.717, 1.165) is 39.1 Å². The summed E-state index contributed by atoms with van der Waals surface area (Å²) in [5, 5.41) is 7.18. The van der Waals surface area contributed by atoms with Crippen molar-refractivity contribution in [3.8, 4) is 5.69 Å². The number of nitrogens with zero attached hydrogens (tertiary/aromatic N) is 4. The highest BCUT2D eigenvalue weighted by atomic mass is 16.5. The van der Waals surface area contributed by atoms with Gasteiger partial charge in [0.05, 0.1) is 12.8 Å². The van der Waals surface area contributed by atoms with Crippen LogP contribution in [0.25, 0.3) is 5.69 Å². The zero-order valence-corrected chi connectivity index (χ0v) is 19.0. The summed E-state index contributed by atoms with van der Waals surface area (Å²) in [4.78, 5) is 29.9. The second-order valence-corrected chi connectivity index (χ2v) is 8.20. The molecule has 0 atom stereocenters. The van der Waals surface area contributed by atoms with Gasteiger partial charge >= 0.3 is 5.97 Å². The number of ether oxygens (including phenoxy) is 1. The smallest absolute Gasteiger partial charge is 0.358 e. The van der Waals surface area contributed by atoms with E-state index in [-0.39, 0.29) is 17.3 Å². The maximum Gasteiger partial charge on any atom is 0.358 e. The molecule has 0 aliphatic carbocycles. The van der Waals surface area contributed by atoms with Crippen molar-refractivity contribution in [1.82, 2.24) is 19.6 Å². The van der Waals surface area contributed by atoms with Crippen molar-refractivity contribution >= 4 is 17.6 Å². The quantitative estimate of drug-likeness (QED) is 0.561. The van der Waals surface area contributed by atoms with E-state index >= 15 is 0 Å². The monoisotopic (exact) mass is 447 g/mol. The lowest BCUT2D eigenvalue weighted by molar-refractivity contribution is 0.0593. The Morgan fingerprint density at radius 1 is 1.00 bits per heavy atom. The Bertz CT molecular complexity index is 1090. The molecule has 3 aromatic rings. The van der Waals surface area contributed by atoms with Crippen molar-refractivity contribution in [1.29, 1.82) is 0 Å². The fraction of sp³-hybridized carbons (Fsp3) is 0.320. The van der Waals surface area contributed by atoms with Crippen molar-refractivity contribution in [2.24, 2.45) is 0 Å². The predicted molar refractivity (Wildman–Crippen MR) is 127 cm³/mol. The molecule has 2 heterocycles. The molecule has 33 heavy (non-hydrogen) atoms. The van der Waals surface area contributed by atoms with E-state index in [1.54, 1.807) is 0 Å². The molecule has 172 valence electrons. The van der Waals surface area contributed by atoms with Crippen LogP contribution in [0.5, 0.6) is 0 Å². The molecular formula is C25H29N5O3. The van der Waals surface area contributed by atoms with Crippen LogP contribution in [0.3, 0.4) is 0 Å². The normalized spacial score (nSPS) is 14.7. The molecule has 1 amide bonds. The van der Waals surface area contributed by atoms with Crippen LogP contribution in [0.1, 0.15) is 26.5 Å². The summed E-state index contributed by atoms with van der Waals surface area (Å²) >= 11 is 0. The molecule has 0 bridgehead atoms. The number of anilines is 1. The Morgan fingerprint density at radius 2 is 1.70 bits per heavy atom. The molecule has 1 saturated heterocycles. The lowest BCUT2D eigenvalue weighted by Gasteiger charge is -2.32. The number of para-hydroxylation sites is 1. The number of benzene rings is 2. The molecule has 8 nitrogen and oxygen atoms in total. The Labute approximate surface area is 193 Å². The fourth-order valence-electron chi connectivity index (χ4n) is 3.82. The average Bonchev–Trinajstić information content (AvgIpc) is 3.30. The first-order valence-electron chi connectivity index (χ1n) is 11.1. The van der Waals surface area contributed by atoms with Gasteiger partial charge in [-0.2, -0.15) is 5.10 Å². The van der Waals surface area contributed by atoms with E-state index in [4.69, 9.17) is 4.74 Å². The highest BCUT2D eigenvalue weighted by Gasteiger charge is 2.21. The first-order chi connectivity index (χ1) is 16.0. The molecule has 4 rings (SSSR count). The number of aromatic nitrogens is 2. The van der Waals surface area contributed by atoms with E-state index in [0.29, 0.717) is 11.4 Å². The molecule has 1 fully saturated rings. The number of hydrogen-bond donors (Lipinski definition) is 1. The van der Waals surface area contributed by atoms with E-state index in [1.165, 1.54) is 23.4 Å². The van der Waals surface area contributed by atoms with E-state index < -0.39 is 5.97 Å². The van der Waals surface area contributed by atoms with Crippen LogP contribution in [0.4, 0.5) is 5.69 Å². The van der Waals surface area contributed by atoms with Gasteiger partial charge in [0, 0.05) is 44.5 Å². The number of rotatable bonds is 7. The van der Waals surface area contributed by atoms with E-state index in [9.17, 15) is 9.59 Å². The van der Waals surface area contributed by atoms with Crippen molar-refractivity contribution < 1.29 is 14.3 Å². The maximum absolute atomic E-state index is 13.0. The molecule has 1 N–H and O–H groups in total. The molecule has 8 heteroatoms. The molecule has 1 aromatic heterocycles. The number of carbonyl (C=O) groups excluding carboxylic acids is 2. The molecule has 0 unspecified atom stereocenters. The maximum atomic E-state index is 13.0. The van der Waals surface area contributed by atoms with Gasteiger partial charge in [0.25, 0.3) is 5.91 Å². The van der Waals surface area contributed by atoms with Crippen LogP contribution in [-0.4, -0.2) is 78.3 Å². The van der Waals surface area contributed by atoms with Crippen LogP contribution in [0, 0.1) is 0 Å². The molecule has 1 aliphatic heterocycles.